The Morgan fingerprint density at radius 2 is 1.86 bits per heavy atom. The van der Waals surface area contributed by atoms with E-state index in [1.165, 1.54) is 5.56 Å². The van der Waals surface area contributed by atoms with Crippen LogP contribution in [0.15, 0.2) is 30.3 Å². The van der Waals surface area contributed by atoms with Crippen LogP contribution in [0.5, 0.6) is 0 Å². The van der Waals surface area contributed by atoms with Gasteiger partial charge in [0.15, 0.2) is 0 Å². The monoisotopic (exact) mass is 290 g/mol. The van der Waals surface area contributed by atoms with E-state index in [1.807, 2.05) is 0 Å². The zero-order chi connectivity index (χ0) is 15.1. The van der Waals surface area contributed by atoms with Crippen molar-refractivity contribution in [3.63, 3.8) is 0 Å². The van der Waals surface area contributed by atoms with Crippen LogP contribution in [0.25, 0.3) is 0 Å². The molecular weight excluding hydrogens is 260 g/mol. The zero-order valence-corrected chi connectivity index (χ0v) is 13.7. The molecule has 1 aliphatic heterocycles. The number of rotatable bonds is 7. The number of likely N-dealkylation sites (N-methyl/N-ethyl adjacent to an activating group) is 2. The van der Waals surface area contributed by atoms with Crippen LogP contribution in [0.3, 0.4) is 0 Å². The molecule has 0 bridgehead atoms. The number of nitrogens with zero attached hydrogens (tertiary/aromatic N) is 1. The first kappa shape index (κ1) is 16.5. The molecule has 1 saturated heterocycles. The summed E-state index contributed by atoms with van der Waals surface area (Å²) in [6, 6.07) is 12.4. The predicted octanol–water partition coefficient (Wildman–Crippen LogP) is 3.23. The van der Waals surface area contributed by atoms with Gasteiger partial charge in [0.2, 0.25) is 0 Å². The highest BCUT2D eigenvalue weighted by atomic mass is 16.5. The number of benzene rings is 1. The Bertz CT molecular complexity index is 389. The van der Waals surface area contributed by atoms with Crippen LogP contribution in [0.4, 0.5) is 0 Å². The van der Waals surface area contributed by atoms with Crippen LogP contribution in [-0.4, -0.2) is 43.8 Å². The van der Waals surface area contributed by atoms with Gasteiger partial charge in [0.1, 0.15) is 0 Å². The average molecular weight is 290 g/mol. The molecule has 0 saturated carbocycles. The van der Waals surface area contributed by atoms with Gasteiger partial charge in [-0.2, -0.15) is 0 Å². The predicted molar refractivity (Wildman–Crippen MR) is 88.5 cm³/mol. The lowest BCUT2D eigenvalue weighted by atomic mass is 9.93. The highest BCUT2D eigenvalue weighted by molar-refractivity contribution is 5.20. The van der Waals surface area contributed by atoms with Gasteiger partial charge in [-0.25, -0.2) is 0 Å². The first-order valence-corrected chi connectivity index (χ1v) is 8.35. The lowest BCUT2D eigenvalue weighted by molar-refractivity contribution is 0.0206. The molecular formula is C18H30N2O. The van der Waals surface area contributed by atoms with E-state index >= 15 is 0 Å². The van der Waals surface area contributed by atoms with E-state index in [0.717, 1.165) is 39.0 Å². The molecule has 1 aromatic rings. The standard InChI is InChI=1S/C18H30N2O/c1-4-17(20(3)16-11-13-21-14-12-16)18(19-5-2)15-9-7-6-8-10-15/h6-10,16-19H,4-5,11-14H2,1-3H3. The van der Waals surface area contributed by atoms with Gasteiger partial charge in [-0.05, 0) is 38.4 Å². The summed E-state index contributed by atoms with van der Waals surface area (Å²) in [6.07, 6.45) is 3.46. The van der Waals surface area contributed by atoms with Crippen molar-refractivity contribution < 1.29 is 4.74 Å². The van der Waals surface area contributed by atoms with Crippen molar-refractivity contribution in [3.05, 3.63) is 35.9 Å². The summed E-state index contributed by atoms with van der Waals surface area (Å²) in [4.78, 5) is 2.59. The van der Waals surface area contributed by atoms with Gasteiger partial charge in [0.05, 0.1) is 0 Å². The number of hydrogen-bond donors (Lipinski definition) is 1. The lowest BCUT2D eigenvalue weighted by Crippen LogP contribution is -2.48. The largest absolute Gasteiger partial charge is 0.381 e. The van der Waals surface area contributed by atoms with Crippen LogP contribution in [-0.2, 0) is 4.74 Å². The Labute approximate surface area is 129 Å². The molecule has 1 heterocycles. The summed E-state index contributed by atoms with van der Waals surface area (Å²) in [6.45, 7) is 7.30. The summed E-state index contributed by atoms with van der Waals surface area (Å²) in [7, 11) is 2.29. The Morgan fingerprint density at radius 1 is 1.19 bits per heavy atom. The molecule has 118 valence electrons. The van der Waals surface area contributed by atoms with Crippen LogP contribution >= 0.6 is 0 Å². The zero-order valence-electron chi connectivity index (χ0n) is 13.7. The second-order valence-corrected chi connectivity index (χ2v) is 5.93. The first-order valence-electron chi connectivity index (χ1n) is 8.35. The van der Waals surface area contributed by atoms with Gasteiger partial charge >= 0.3 is 0 Å². The smallest absolute Gasteiger partial charge is 0.0480 e. The minimum absolute atomic E-state index is 0.397. The van der Waals surface area contributed by atoms with Crippen LogP contribution in [0.2, 0.25) is 0 Å². The molecule has 0 amide bonds. The highest BCUT2D eigenvalue weighted by Crippen LogP contribution is 2.26. The lowest BCUT2D eigenvalue weighted by Gasteiger charge is -2.41. The van der Waals surface area contributed by atoms with Crippen molar-refractivity contribution in [3.8, 4) is 0 Å². The molecule has 0 aliphatic carbocycles. The van der Waals surface area contributed by atoms with E-state index in [9.17, 15) is 0 Å². The summed E-state index contributed by atoms with van der Waals surface area (Å²) < 4.78 is 5.51. The Balaban J connectivity index is 2.14. The molecule has 1 N–H and O–H groups in total. The maximum atomic E-state index is 5.51. The van der Waals surface area contributed by atoms with Crippen molar-refractivity contribution >= 4 is 0 Å². The van der Waals surface area contributed by atoms with Gasteiger partial charge in [-0.1, -0.05) is 44.2 Å². The normalized spacial score (nSPS) is 19.6. The van der Waals surface area contributed by atoms with Crippen LogP contribution in [0.1, 0.15) is 44.7 Å². The van der Waals surface area contributed by atoms with E-state index in [0.29, 0.717) is 18.1 Å². The number of ether oxygens (including phenoxy) is 1. The molecule has 1 fully saturated rings. The van der Waals surface area contributed by atoms with E-state index in [1.54, 1.807) is 0 Å². The van der Waals surface area contributed by atoms with E-state index in [-0.39, 0.29) is 0 Å². The minimum Gasteiger partial charge on any atom is -0.381 e. The fourth-order valence-electron chi connectivity index (χ4n) is 3.48. The molecule has 1 aliphatic rings. The second kappa shape index (κ2) is 8.52. The molecule has 3 heteroatoms. The molecule has 0 spiro atoms. The highest BCUT2D eigenvalue weighted by Gasteiger charge is 2.29. The van der Waals surface area contributed by atoms with Gasteiger partial charge in [-0.15, -0.1) is 0 Å². The van der Waals surface area contributed by atoms with E-state index in [4.69, 9.17) is 4.74 Å². The van der Waals surface area contributed by atoms with E-state index in [2.05, 4.69) is 61.4 Å². The van der Waals surface area contributed by atoms with Crippen molar-refractivity contribution in [2.75, 3.05) is 26.8 Å². The minimum atomic E-state index is 0.397. The van der Waals surface area contributed by atoms with Crippen molar-refractivity contribution in [2.24, 2.45) is 0 Å². The van der Waals surface area contributed by atoms with E-state index < -0.39 is 0 Å². The Hall–Kier alpha value is -0.900. The fraction of sp³-hybridized carbons (Fsp3) is 0.667. The van der Waals surface area contributed by atoms with Gasteiger partial charge in [0.25, 0.3) is 0 Å². The third-order valence-corrected chi connectivity index (χ3v) is 4.68. The third kappa shape index (κ3) is 4.29. The van der Waals surface area contributed by atoms with Crippen molar-refractivity contribution in [1.82, 2.24) is 10.2 Å². The molecule has 1 aromatic carbocycles. The first-order chi connectivity index (χ1) is 10.3. The van der Waals surface area contributed by atoms with Crippen molar-refractivity contribution in [1.29, 1.82) is 0 Å². The summed E-state index contributed by atoms with van der Waals surface area (Å²) in [5, 5.41) is 3.70. The quantitative estimate of drug-likeness (QED) is 0.834. The Morgan fingerprint density at radius 3 is 2.43 bits per heavy atom. The van der Waals surface area contributed by atoms with Crippen molar-refractivity contribution in [2.45, 2.75) is 51.2 Å². The van der Waals surface area contributed by atoms with Gasteiger partial charge < -0.3 is 10.1 Å². The topological polar surface area (TPSA) is 24.5 Å². The maximum absolute atomic E-state index is 5.51. The second-order valence-electron chi connectivity index (χ2n) is 5.93. The molecule has 0 radical (unpaired) electrons. The molecule has 2 rings (SSSR count). The Kier molecular flexibility index (Phi) is 6.68. The molecule has 3 nitrogen and oxygen atoms in total. The van der Waals surface area contributed by atoms with Crippen LogP contribution in [0, 0.1) is 0 Å². The molecule has 2 atom stereocenters. The molecule has 21 heavy (non-hydrogen) atoms. The maximum Gasteiger partial charge on any atom is 0.0480 e. The number of hydrogen-bond acceptors (Lipinski definition) is 3. The van der Waals surface area contributed by atoms with Crippen LogP contribution < -0.4 is 5.32 Å². The molecule has 2 unspecified atom stereocenters. The summed E-state index contributed by atoms with van der Waals surface area (Å²) in [5.74, 6) is 0. The third-order valence-electron chi connectivity index (χ3n) is 4.68. The molecule has 0 aromatic heterocycles. The average Bonchev–Trinajstić information content (AvgIpc) is 2.56. The summed E-state index contributed by atoms with van der Waals surface area (Å²) in [5.41, 5.74) is 1.39. The fourth-order valence-corrected chi connectivity index (χ4v) is 3.48. The summed E-state index contributed by atoms with van der Waals surface area (Å²) >= 11 is 0. The van der Waals surface area contributed by atoms with Gasteiger partial charge in [-0.3, -0.25) is 4.90 Å². The SMILES string of the molecule is CCNC(c1ccccc1)C(CC)N(C)C1CCOCC1. The number of nitrogens with one attached hydrogen (secondary N) is 1. The van der Waals surface area contributed by atoms with Gasteiger partial charge in [0, 0.05) is 31.3 Å².